The van der Waals surface area contributed by atoms with Crippen molar-refractivity contribution in [3.05, 3.63) is 108 Å². The van der Waals surface area contributed by atoms with Crippen LogP contribution in [-0.4, -0.2) is 29.1 Å². The Labute approximate surface area is 203 Å². The molecule has 0 aliphatic rings. The summed E-state index contributed by atoms with van der Waals surface area (Å²) in [6.07, 6.45) is 1.94. The average molecular weight is 474 g/mol. The lowest BCUT2D eigenvalue weighted by Crippen LogP contribution is -2.58. The van der Waals surface area contributed by atoms with Crippen molar-refractivity contribution in [2.24, 2.45) is 0 Å². The number of benzene rings is 3. The second kappa shape index (κ2) is 10.9. The van der Waals surface area contributed by atoms with Crippen molar-refractivity contribution in [3.8, 4) is 0 Å². The lowest BCUT2D eigenvalue weighted by atomic mass is 9.91. The molecule has 6 nitrogen and oxygen atoms in total. The number of halogens is 1. The van der Waals surface area contributed by atoms with Gasteiger partial charge in [-0.3, -0.25) is 4.79 Å². The van der Waals surface area contributed by atoms with Crippen molar-refractivity contribution in [2.45, 2.75) is 31.9 Å². The summed E-state index contributed by atoms with van der Waals surface area (Å²) in [7, 11) is 0. The van der Waals surface area contributed by atoms with E-state index in [1.54, 1.807) is 25.1 Å². The summed E-state index contributed by atoms with van der Waals surface area (Å²) < 4.78 is 19.2. The second-order valence-electron chi connectivity index (χ2n) is 8.65. The molecule has 1 atom stereocenters. The van der Waals surface area contributed by atoms with Gasteiger partial charge >= 0.3 is 6.09 Å². The molecule has 0 spiro atoms. The minimum absolute atomic E-state index is 0.239. The van der Waals surface area contributed by atoms with E-state index < -0.39 is 17.4 Å². The van der Waals surface area contributed by atoms with E-state index in [2.05, 4.69) is 15.6 Å². The number of rotatable bonds is 9. The highest BCUT2D eigenvalue weighted by atomic mass is 19.1. The van der Waals surface area contributed by atoms with Gasteiger partial charge in [0.25, 0.3) is 0 Å². The molecule has 0 radical (unpaired) electrons. The molecule has 2 amide bonds. The van der Waals surface area contributed by atoms with Crippen LogP contribution >= 0.6 is 0 Å². The first-order valence-corrected chi connectivity index (χ1v) is 11.5. The zero-order chi connectivity index (χ0) is 24.7. The maximum atomic E-state index is 13.9. The molecule has 0 bridgehead atoms. The van der Waals surface area contributed by atoms with E-state index in [4.69, 9.17) is 4.74 Å². The summed E-state index contributed by atoms with van der Waals surface area (Å²) in [5.41, 5.74) is 1.89. The Kier molecular flexibility index (Phi) is 7.45. The highest BCUT2D eigenvalue weighted by Crippen LogP contribution is 2.23. The number of hydrogen-bond donors (Lipinski definition) is 3. The van der Waals surface area contributed by atoms with E-state index >= 15 is 0 Å². The number of alkyl carbamates (subject to hydrolysis) is 1. The van der Waals surface area contributed by atoms with E-state index in [0.717, 1.165) is 22.0 Å². The molecule has 0 aliphatic heterocycles. The fraction of sp³-hybridized carbons (Fsp3) is 0.214. The molecule has 3 N–H and O–H groups in total. The summed E-state index contributed by atoms with van der Waals surface area (Å²) in [6.45, 7) is 1.84. The molecular formula is C28H28FN3O3. The molecule has 7 heteroatoms. The summed E-state index contributed by atoms with van der Waals surface area (Å²) in [5, 5.41) is 6.64. The first kappa shape index (κ1) is 24.0. The Hall–Kier alpha value is -4.13. The van der Waals surface area contributed by atoms with Crippen LogP contribution in [-0.2, 0) is 29.0 Å². The first-order chi connectivity index (χ1) is 16.9. The summed E-state index contributed by atoms with van der Waals surface area (Å²) in [6, 6.07) is 23.7. The number of amides is 2. The van der Waals surface area contributed by atoms with Crippen LogP contribution in [0, 0.1) is 5.82 Å². The van der Waals surface area contributed by atoms with Crippen molar-refractivity contribution < 1.29 is 18.7 Å². The van der Waals surface area contributed by atoms with Gasteiger partial charge in [-0.05, 0) is 36.6 Å². The molecule has 0 unspecified atom stereocenters. The number of ether oxygens (including phenoxy) is 1. The quantitative estimate of drug-likeness (QED) is 0.324. The topological polar surface area (TPSA) is 83.2 Å². The number of H-pyrrole nitrogens is 1. The number of nitrogens with one attached hydrogen (secondary N) is 3. The van der Waals surface area contributed by atoms with Crippen LogP contribution in [0.5, 0.6) is 0 Å². The SMILES string of the molecule is C[C@](Cc1c[nH]c2ccccc12)(NC(=O)OCc1ccccc1F)C(=O)NCCc1ccccc1. The third kappa shape index (κ3) is 6.06. The van der Waals surface area contributed by atoms with Gasteiger partial charge in [0.05, 0.1) is 0 Å². The fourth-order valence-corrected chi connectivity index (χ4v) is 4.02. The van der Waals surface area contributed by atoms with Gasteiger partial charge in [-0.2, -0.15) is 0 Å². The Morgan fingerprint density at radius 3 is 2.46 bits per heavy atom. The van der Waals surface area contributed by atoms with E-state index in [1.807, 2.05) is 60.8 Å². The van der Waals surface area contributed by atoms with Crippen LogP contribution in [0.4, 0.5) is 9.18 Å². The number of para-hydroxylation sites is 1. The van der Waals surface area contributed by atoms with E-state index in [9.17, 15) is 14.0 Å². The molecule has 35 heavy (non-hydrogen) atoms. The molecule has 180 valence electrons. The standard InChI is InChI=1S/C28H28FN3O3/c1-28(17-22-18-31-25-14-8-6-12-23(22)25,26(33)30-16-15-20-9-3-2-4-10-20)32-27(34)35-19-21-11-5-7-13-24(21)29/h2-14,18,31H,15-17,19H2,1H3,(H,30,33)(H,32,34)/t28-/m1/s1. The Balaban J connectivity index is 1.48. The molecule has 0 aliphatic carbocycles. The van der Waals surface area contributed by atoms with Gasteiger partial charge in [-0.15, -0.1) is 0 Å². The summed E-state index contributed by atoms with van der Waals surface area (Å²) in [4.78, 5) is 29.2. The van der Waals surface area contributed by atoms with E-state index in [-0.39, 0.29) is 24.5 Å². The Morgan fingerprint density at radius 1 is 0.943 bits per heavy atom. The van der Waals surface area contributed by atoms with Crippen molar-refractivity contribution in [1.29, 1.82) is 0 Å². The van der Waals surface area contributed by atoms with Gasteiger partial charge in [0, 0.05) is 35.6 Å². The van der Waals surface area contributed by atoms with Gasteiger partial charge in [0.1, 0.15) is 18.0 Å². The molecule has 4 rings (SSSR count). The number of aromatic nitrogens is 1. The molecule has 1 heterocycles. The van der Waals surface area contributed by atoms with Crippen molar-refractivity contribution in [2.75, 3.05) is 6.54 Å². The number of aromatic amines is 1. The lowest BCUT2D eigenvalue weighted by Gasteiger charge is -2.29. The zero-order valence-corrected chi connectivity index (χ0v) is 19.5. The second-order valence-corrected chi connectivity index (χ2v) is 8.65. The van der Waals surface area contributed by atoms with Crippen molar-refractivity contribution in [3.63, 3.8) is 0 Å². The predicted molar refractivity (Wildman–Crippen MR) is 133 cm³/mol. The normalized spacial score (nSPS) is 12.6. The third-order valence-corrected chi connectivity index (χ3v) is 5.96. The molecule has 0 fully saturated rings. The van der Waals surface area contributed by atoms with Gasteiger partial charge in [-0.1, -0.05) is 66.7 Å². The maximum absolute atomic E-state index is 13.9. The molecule has 0 saturated carbocycles. The number of hydrogen-bond acceptors (Lipinski definition) is 3. The molecule has 3 aromatic carbocycles. The molecule has 4 aromatic rings. The highest BCUT2D eigenvalue weighted by Gasteiger charge is 2.36. The number of fused-ring (bicyclic) bond motifs is 1. The summed E-state index contributed by atoms with van der Waals surface area (Å²) >= 11 is 0. The predicted octanol–water partition coefficient (Wildman–Crippen LogP) is 4.89. The fourth-order valence-electron chi connectivity index (χ4n) is 4.02. The summed E-state index contributed by atoms with van der Waals surface area (Å²) in [5.74, 6) is -0.790. The Morgan fingerprint density at radius 2 is 1.66 bits per heavy atom. The first-order valence-electron chi connectivity index (χ1n) is 11.5. The zero-order valence-electron chi connectivity index (χ0n) is 19.5. The van der Waals surface area contributed by atoms with Crippen LogP contribution in [0.2, 0.25) is 0 Å². The van der Waals surface area contributed by atoms with Crippen LogP contribution in [0.15, 0.2) is 85.1 Å². The van der Waals surface area contributed by atoms with Crippen molar-refractivity contribution >= 4 is 22.9 Å². The van der Waals surface area contributed by atoms with Crippen LogP contribution in [0.25, 0.3) is 10.9 Å². The van der Waals surface area contributed by atoms with Gasteiger partial charge in [0.2, 0.25) is 5.91 Å². The largest absolute Gasteiger partial charge is 0.445 e. The van der Waals surface area contributed by atoms with Crippen molar-refractivity contribution in [1.82, 2.24) is 15.6 Å². The molecular weight excluding hydrogens is 445 g/mol. The van der Waals surface area contributed by atoms with Crippen LogP contribution < -0.4 is 10.6 Å². The average Bonchev–Trinajstić information content (AvgIpc) is 3.26. The minimum atomic E-state index is -1.30. The van der Waals surface area contributed by atoms with E-state index in [1.165, 1.54) is 6.07 Å². The van der Waals surface area contributed by atoms with Crippen LogP contribution in [0.3, 0.4) is 0 Å². The Bertz CT molecular complexity index is 1310. The number of carbonyl (C=O) groups is 2. The van der Waals surface area contributed by atoms with E-state index in [0.29, 0.717) is 13.0 Å². The van der Waals surface area contributed by atoms with Crippen LogP contribution in [0.1, 0.15) is 23.6 Å². The van der Waals surface area contributed by atoms with Gasteiger partial charge < -0.3 is 20.4 Å². The smallest absolute Gasteiger partial charge is 0.408 e. The van der Waals surface area contributed by atoms with Gasteiger partial charge in [-0.25, -0.2) is 9.18 Å². The minimum Gasteiger partial charge on any atom is -0.445 e. The molecule has 1 aromatic heterocycles. The third-order valence-electron chi connectivity index (χ3n) is 5.96. The molecule has 0 saturated heterocycles. The van der Waals surface area contributed by atoms with Gasteiger partial charge in [0.15, 0.2) is 0 Å². The maximum Gasteiger partial charge on any atom is 0.408 e. The monoisotopic (exact) mass is 473 g/mol. The lowest BCUT2D eigenvalue weighted by molar-refractivity contribution is -0.126. The highest BCUT2D eigenvalue weighted by molar-refractivity contribution is 5.91. The number of carbonyl (C=O) groups excluding carboxylic acids is 2.